The number of hydrogen-bond donors (Lipinski definition) is 1. The standard InChI is InChI=1S/C20H25N3O/c1-22(2)19(17-9-4-3-5-10-17)15-21-20(24)23-14-8-12-16-11-6-7-13-18(16)23/h3-7,9-11,13,19H,8,12,14-15H2,1-2H3,(H,21,24). The van der Waals surface area contributed by atoms with Crippen molar-refractivity contribution in [1.82, 2.24) is 10.2 Å². The molecule has 1 heterocycles. The minimum Gasteiger partial charge on any atom is -0.336 e. The molecule has 1 aliphatic heterocycles. The summed E-state index contributed by atoms with van der Waals surface area (Å²) in [5.41, 5.74) is 3.51. The number of nitrogens with zero attached hydrogens (tertiary/aromatic N) is 2. The van der Waals surface area contributed by atoms with E-state index in [1.165, 1.54) is 11.1 Å². The first-order valence-corrected chi connectivity index (χ1v) is 8.51. The van der Waals surface area contributed by atoms with Gasteiger partial charge in [0.1, 0.15) is 0 Å². The lowest BCUT2D eigenvalue weighted by atomic mass is 10.0. The minimum atomic E-state index is -0.00932. The molecule has 0 radical (unpaired) electrons. The second kappa shape index (κ2) is 7.49. The molecular weight excluding hydrogens is 298 g/mol. The van der Waals surface area contributed by atoms with E-state index in [-0.39, 0.29) is 12.1 Å². The average Bonchev–Trinajstić information content (AvgIpc) is 2.62. The molecule has 1 atom stereocenters. The second-order valence-corrected chi connectivity index (χ2v) is 6.46. The van der Waals surface area contributed by atoms with Gasteiger partial charge in [-0.1, -0.05) is 48.5 Å². The SMILES string of the molecule is CN(C)C(CNC(=O)N1CCCc2ccccc21)c1ccccc1. The first-order valence-electron chi connectivity index (χ1n) is 8.51. The first kappa shape index (κ1) is 16.5. The molecule has 0 aliphatic carbocycles. The molecule has 2 aromatic carbocycles. The molecule has 1 N–H and O–H groups in total. The van der Waals surface area contributed by atoms with Gasteiger partial charge in [0.15, 0.2) is 0 Å². The van der Waals surface area contributed by atoms with Gasteiger partial charge in [0, 0.05) is 18.8 Å². The van der Waals surface area contributed by atoms with Gasteiger partial charge in [-0.2, -0.15) is 0 Å². The molecule has 0 saturated carbocycles. The summed E-state index contributed by atoms with van der Waals surface area (Å²) in [5, 5.41) is 3.12. The van der Waals surface area contributed by atoms with E-state index in [0.717, 1.165) is 25.1 Å². The lowest BCUT2D eigenvalue weighted by molar-refractivity contribution is 0.237. The fourth-order valence-corrected chi connectivity index (χ4v) is 3.30. The normalized spacial score (nSPS) is 15.0. The Kier molecular flexibility index (Phi) is 5.16. The Morgan fingerprint density at radius 1 is 1.12 bits per heavy atom. The van der Waals surface area contributed by atoms with E-state index in [1.54, 1.807) is 0 Å². The Hall–Kier alpha value is -2.33. The van der Waals surface area contributed by atoms with E-state index in [9.17, 15) is 4.79 Å². The van der Waals surface area contributed by atoms with Crippen LogP contribution in [0.25, 0.3) is 0 Å². The number of aryl methyl sites for hydroxylation is 1. The molecule has 126 valence electrons. The quantitative estimate of drug-likeness (QED) is 0.935. The number of carbonyl (C=O) groups is 1. The molecule has 0 spiro atoms. The molecule has 2 aromatic rings. The average molecular weight is 323 g/mol. The van der Waals surface area contributed by atoms with Gasteiger partial charge in [-0.25, -0.2) is 4.79 Å². The van der Waals surface area contributed by atoms with Gasteiger partial charge in [-0.3, -0.25) is 4.90 Å². The number of nitrogens with one attached hydrogen (secondary N) is 1. The zero-order valence-electron chi connectivity index (χ0n) is 14.4. The lowest BCUT2D eigenvalue weighted by Gasteiger charge is -2.31. The first-order chi connectivity index (χ1) is 11.7. The maximum absolute atomic E-state index is 12.7. The van der Waals surface area contributed by atoms with Crippen molar-refractivity contribution in [1.29, 1.82) is 0 Å². The van der Waals surface area contributed by atoms with Gasteiger partial charge in [0.25, 0.3) is 0 Å². The van der Waals surface area contributed by atoms with Crippen LogP contribution in [0.2, 0.25) is 0 Å². The summed E-state index contributed by atoms with van der Waals surface area (Å²) in [6.07, 6.45) is 2.06. The number of urea groups is 1. The number of fused-ring (bicyclic) bond motifs is 1. The molecule has 24 heavy (non-hydrogen) atoms. The van der Waals surface area contributed by atoms with E-state index < -0.39 is 0 Å². The van der Waals surface area contributed by atoms with Crippen molar-refractivity contribution in [3.63, 3.8) is 0 Å². The summed E-state index contributed by atoms with van der Waals surface area (Å²) in [5.74, 6) is 0. The Bertz CT molecular complexity index is 684. The molecule has 0 saturated heterocycles. The molecule has 1 aliphatic rings. The number of hydrogen-bond acceptors (Lipinski definition) is 2. The zero-order valence-corrected chi connectivity index (χ0v) is 14.4. The minimum absolute atomic E-state index is 0.00932. The van der Waals surface area contributed by atoms with Crippen LogP contribution < -0.4 is 10.2 Å². The summed E-state index contributed by atoms with van der Waals surface area (Å²) < 4.78 is 0. The fourth-order valence-electron chi connectivity index (χ4n) is 3.30. The van der Waals surface area contributed by atoms with Gasteiger partial charge >= 0.3 is 6.03 Å². The van der Waals surface area contributed by atoms with Crippen molar-refractivity contribution in [2.24, 2.45) is 0 Å². The fraction of sp³-hybridized carbons (Fsp3) is 0.350. The molecule has 0 aromatic heterocycles. The summed E-state index contributed by atoms with van der Waals surface area (Å²) in [6.45, 7) is 1.37. The Morgan fingerprint density at radius 3 is 2.58 bits per heavy atom. The number of anilines is 1. The van der Waals surface area contributed by atoms with Crippen molar-refractivity contribution in [2.45, 2.75) is 18.9 Å². The molecule has 4 heteroatoms. The molecular formula is C20H25N3O. The van der Waals surface area contributed by atoms with E-state index in [0.29, 0.717) is 6.54 Å². The molecule has 4 nitrogen and oxygen atoms in total. The van der Waals surface area contributed by atoms with Crippen LogP contribution >= 0.6 is 0 Å². The molecule has 1 unspecified atom stereocenters. The van der Waals surface area contributed by atoms with Crippen LogP contribution in [0.5, 0.6) is 0 Å². The number of para-hydroxylation sites is 1. The van der Waals surface area contributed by atoms with Gasteiger partial charge in [0.05, 0.1) is 6.04 Å². The number of benzene rings is 2. The van der Waals surface area contributed by atoms with Gasteiger partial charge in [-0.15, -0.1) is 0 Å². The Morgan fingerprint density at radius 2 is 1.83 bits per heavy atom. The molecule has 0 fully saturated rings. The van der Waals surface area contributed by atoms with Crippen molar-refractivity contribution in [2.75, 3.05) is 32.1 Å². The molecule has 2 amide bonds. The van der Waals surface area contributed by atoms with Crippen LogP contribution in [0, 0.1) is 0 Å². The predicted octanol–water partition coefficient (Wildman–Crippen LogP) is 3.45. The third-order valence-corrected chi connectivity index (χ3v) is 4.61. The maximum Gasteiger partial charge on any atom is 0.321 e. The smallest absolute Gasteiger partial charge is 0.321 e. The lowest BCUT2D eigenvalue weighted by Crippen LogP contribution is -2.45. The summed E-state index contributed by atoms with van der Waals surface area (Å²) in [7, 11) is 4.08. The van der Waals surface area contributed by atoms with Gasteiger partial charge in [0.2, 0.25) is 0 Å². The van der Waals surface area contributed by atoms with Crippen LogP contribution in [0.1, 0.15) is 23.6 Å². The van der Waals surface area contributed by atoms with Crippen LogP contribution in [0.15, 0.2) is 54.6 Å². The summed E-state index contributed by atoms with van der Waals surface area (Å²) in [4.78, 5) is 16.7. The van der Waals surface area contributed by atoms with E-state index in [1.807, 2.05) is 55.4 Å². The van der Waals surface area contributed by atoms with E-state index >= 15 is 0 Å². The third kappa shape index (κ3) is 3.60. The number of carbonyl (C=O) groups excluding carboxylic acids is 1. The summed E-state index contributed by atoms with van der Waals surface area (Å²) >= 11 is 0. The third-order valence-electron chi connectivity index (χ3n) is 4.61. The second-order valence-electron chi connectivity index (χ2n) is 6.46. The predicted molar refractivity (Wildman–Crippen MR) is 98.4 cm³/mol. The Balaban J connectivity index is 1.69. The monoisotopic (exact) mass is 323 g/mol. The molecule has 3 rings (SSSR count). The van der Waals surface area contributed by atoms with E-state index in [4.69, 9.17) is 0 Å². The Labute approximate surface area is 144 Å². The number of rotatable bonds is 4. The number of amides is 2. The van der Waals surface area contributed by atoms with Crippen LogP contribution in [0.3, 0.4) is 0 Å². The summed E-state index contributed by atoms with van der Waals surface area (Å²) in [6, 6.07) is 18.6. The van der Waals surface area contributed by atoms with E-state index in [2.05, 4.69) is 28.4 Å². The highest BCUT2D eigenvalue weighted by atomic mass is 16.2. The topological polar surface area (TPSA) is 35.6 Å². The van der Waals surface area contributed by atoms with Crippen molar-refractivity contribution >= 4 is 11.7 Å². The zero-order chi connectivity index (χ0) is 16.9. The van der Waals surface area contributed by atoms with Gasteiger partial charge < -0.3 is 10.2 Å². The highest BCUT2D eigenvalue weighted by Gasteiger charge is 2.23. The van der Waals surface area contributed by atoms with Crippen molar-refractivity contribution in [3.05, 3.63) is 65.7 Å². The van der Waals surface area contributed by atoms with Crippen molar-refractivity contribution < 1.29 is 4.79 Å². The molecule has 0 bridgehead atoms. The van der Waals surface area contributed by atoms with Crippen molar-refractivity contribution in [3.8, 4) is 0 Å². The highest BCUT2D eigenvalue weighted by molar-refractivity contribution is 5.93. The maximum atomic E-state index is 12.7. The largest absolute Gasteiger partial charge is 0.336 e. The van der Waals surface area contributed by atoms with Crippen LogP contribution in [-0.4, -0.2) is 38.1 Å². The van der Waals surface area contributed by atoms with Gasteiger partial charge in [-0.05, 0) is 44.1 Å². The number of likely N-dealkylation sites (N-methyl/N-ethyl adjacent to an activating group) is 1. The van der Waals surface area contributed by atoms with Crippen LogP contribution in [-0.2, 0) is 6.42 Å². The highest BCUT2D eigenvalue weighted by Crippen LogP contribution is 2.26. The van der Waals surface area contributed by atoms with Crippen LogP contribution in [0.4, 0.5) is 10.5 Å².